The molecule has 0 aliphatic rings. The molecule has 0 aliphatic carbocycles. The summed E-state index contributed by atoms with van der Waals surface area (Å²) >= 11 is 0. The minimum Gasteiger partial charge on any atom is -0.383 e. The normalized spacial score (nSPS) is 10.6. The molecule has 0 radical (unpaired) electrons. The predicted octanol–water partition coefficient (Wildman–Crippen LogP) is 1.47. The van der Waals surface area contributed by atoms with Crippen molar-refractivity contribution >= 4 is 16.8 Å². The fourth-order valence-corrected chi connectivity index (χ4v) is 1.75. The first-order chi connectivity index (χ1) is 8.29. The number of fused-ring (bicyclic) bond motifs is 1. The summed E-state index contributed by atoms with van der Waals surface area (Å²) in [7, 11) is 1.62. The van der Waals surface area contributed by atoms with E-state index in [1.54, 1.807) is 7.11 Å². The van der Waals surface area contributed by atoms with Crippen molar-refractivity contribution in [2.75, 3.05) is 20.3 Å². The van der Waals surface area contributed by atoms with E-state index in [-0.39, 0.29) is 5.91 Å². The number of aromatic amines is 1. The average Bonchev–Trinajstić information content (AvgIpc) is 2.76. The van der Waals surface area contributed by atoms with E-state index in [4.69, 9.17) is 4.74 Å². The first kappa shape index (κ1) is 11.7. The van der Waals surface area contributed by atoms with Gasteiger partial charge in [0, 0.05) is 25.4 Å². The van der Waals surface area contributed by atoms with E-state index >= 15 is 0 Å². The number of methoxy groups -OCH3 is 1. The number of amides is 1. The molecular weight excluding hydrogens is 216 g/mol. The van der Waals surface area contributed by atoms with Gasteiger partial charge in [-0.2, -0.15) is 0 Å². The van der Waals surface area contributed by atoms with Crippen LogP contribution in [0.5, 0.6) is 0 Å². The molecule has 0 bridgehead atoms. The highest BCUT2D eigenvalue weighted by Gasteiger charge is 2.03. The van der Waals surface area contributed by atoms with E-state index in [9.17, 15) is 4.79 Å². The SMILES string of the molecule is COCCNC(=O)Cc1ccc2cc[nH]c2c1. The highest BCUT2D eigenvalue weighted by molar-refractivity contribution is 5.83. The van der Waals surface area contributed by atoms with Crippen LogP contribution >= 0.6 is 0 Å². The van der Waals surface area contributed by atoms with Gasteiger partial charge in [-0.25, -0.2) is 0 Å². The summed E-state index contributed by atoms with van der Waals surface area (Å²) in [5, 5.41) is 3.96. The Morgan fingerprint density at radius 1 is 1.41 bits per heavy atom. The molecule has 0 atom stereocenters. The topological polar surface area (TPSA) is 54.1 Å². The molecule has 1 aromatic heterocycles. The minimum atomic E-state index is 0.0213. The molecule has 0 unspecified atom stereocenters. The Labute approximate surface area is 100.0 Å². The van der Waals surface area contributed by atoms with Crippen LogP contribution in [0.3, 0.4) is 0 Å². The molecule has 0 saturated carbocycles. The van der Waals surface area contributed by atoms with Crippen molar-refractivity contribution in [1.29, 1.82) is 0 Å². The Bertz CT molecular complexity index is 505. The number of rotatable bonds is 5. The number of ether oxygens (including phenoxy) is 1. The van der Waals surface area contributed by atoms with Gasteiger partial charge in [0.05, 0.1) is 13.0 Å². The van der Waals surface area contributed by atoms with Gasteiger partial charge in [-0.05, 0) is 23.1 Å². The van der Waals surface area contributed by atoms with Crippen molar-refractivity contribution in [3.8, 4) is 0 Å². The van der Waals surface area contributed by atoms with Gasteiger partial charge in [0.1, 0.15) is 0 Å². The van der Waals surface area contributed by atoms with Gasteiger partial charge in [-0.1, -0.05) is 12.1 Å². The molecule has 0 fully saturated rings. The molecule has 2 N–H and O–H groups in total. The molecule has 2 rings (SSSR count). The predicted molar refractivity (Wildman–Crippen MR) is 66.9 cm³/mol. The summed E-state index contributed by atoms with van der Waals surface area (Å²) < 4.78 is 4.87. The Balaban J connectivity index is 1.95. The molecule has 90 valence electrons. The zero-order chi connectivity index (χ0) is 12.1. The number of nitrogens with one attached hydrogen (secondary N) is 2. The number of carbonyl (C=O) groups excluding carboxylic acids is 1. The lowest BCUT2D eigenvalue weighted by molar-refractivity contribution is -0.120. The maximum Gasteiger partial charge on any atom is 0.224 e. The summed E-state index contributed by atoms with van der Waals surface area (Å²) in [5.41, 5.74) is 2.07. The lowest BCUT2D eigenvalue weighted by atomic mass is 10.1. The lowest BCUT2D eigenvalue weighted by Gasteiger charge is -2.04. The second-order valence-electron chi connectivity index (χ2n) is 3.92. The standard InChI is InChI=1S/C13H16N2O2/c1-17-7-6-15-13(16)9-10-2-3-11-4-5-14-12(11)8-10/h2-5,8,14H,6-7,9H2,1H3,(H,15,16). The Kier molecular flexibility index (Phi) is 3.77. The molecule has 2 aromatic rings. The molecular formula is C13H16N2O2. The average molecular weight is 232 g/mol. The molecule has 1 aromatic carbocycles. The van der Waals surface area contributed by atoms with Crippen molar-refractivity contribution < 1.29 is 9.53 Å². The van der Waals surface area contributed by atoms with Crippen molar-refractivity contribution in [2.24, 2.45) is 0 Å². The molecule has 1 heterocycles. The molecule has 0 spiro atoms. The van der Waals surface area contributed by atoms with Crippen LogP contribution in [0.4, 0.5) is 0 Å². The zero-order valence-electron chi connectivity index (χ0n) is 9.82. The fraction of sp³-hybridized carbons (Fsp3) is 0.308. The second-order valence-corrected chi connectivity index (χ2v) is 3.92. The first-order valence-electron chi connectivity index (χ1n) is 5.61. The number of benzene rings is 1. The van der Waals surface area contributed by atoms with Crippen LogP contribution in [0, 0.1) is 0 Å². The molecule has 0 aliphatic heterocycles. The van der Waals surface area contributed by atoms with Crippen LogP contribution in [0.1, 0.15) is 5.56 Å². The van der Waals surface area contributed by atoms with Gasteiger partial charge in [-0.3, -0.25) is 4.79 Å². The van der Waals surface area contributed by atoms with Crippen LogP contribution in [0.2, 0.25) is 0 Å². The van der Waals surface area contributed by atoms with E-state index in [0.717, 1.165) is 16.5 Å². The minimum absolute atomic E-state index is 0.0213. The highest BCUT2D eigenvalue weighted by atomic mass is 16.5. The van der Waals surface area contributed by atoms with E-state index in [1.165, 1.54) is 0 Å². The molecule has 4 nitrogen and oxygen atoms in total. The maximum atomic E-state index is 11.6. The zero-order valence-corrected chi connectivity index (χ0v) is 9.82. The van der Waals surface area contributed by atoms with Gasteiger partial charge in [-0.15, -0.1) is 0 Å². The number of carbonyl (C=O) groups is 1. The van der Waals surface area contributed by atoms with E-state index in [1.807, 2.05) is 30.5 Å². The smallest absolute Gasteiger partial charge is 0.224 e. The highest BCUT2D eigenvalue weighted by Crippen LogP contribution is 2.14. The van der Waals surface area contributed by atoms with Gasteiger partial charge < -0.3 is 15.0 Å². The van der Waals surface area contributed by atoms with Crippen molar-refractivity contribution in [1.82, 2.24) is 10.3 Å². The Morgan fingerprint density at radius 3 is 3.12 bits per heavy atom. The van der Waals surface area contributed by atoms with Gasteiger partial charge in [0.25, 0.3) is 0 Å². The van der Waals surface area contributed by atoms with Crippen LogP contribution in [0.15, 0.2) is 30.5 Å². The van der Waals surface area contributed by atoms with Crippen molar-refractivity contribution in [2.45, 2.75) is 6.42 Å². The van der Waals surface area contributed by atoms with Gasteiger partial charge in [0.15, 0.2) is 0 Å². The lowest BCUT2D eigenvalue weighted by Crippen LogP contribution is -2.28. The maximum absolute atomic E-state index is 11.6. The van der Waals surface area contributed by atoms with E-state index < -0.39 is 0 Å². The quantitative estimate of drug-likeness (QED) is 0.767. The van der Waals surface area contributed by atoms with Gasteiger partial charge >= 0.3 is 0 Å². The van der Waals surface area contributed by atoms with Crippen LogP contribution < -0.4 is 5.32 Å². The number of H-pyrrole nitrogens is 1. The monoisotopic (exact) mass is 232 g/mol. The Hall–Kier alpha value is -1.81. The summed E-state index contributed by atoms with van der Waals surface area (Å²) in [6.07, 6.45) is 2.30. The Morgan fingerprint density at radius 2 is 2.29 bits per heavy atom. The van der Waals surface area contributed by atoms with E-state index in [0.29, 0.717) is 19.6 Å². The summed E-state index contributed by atoms with van der Waals surface area (Å²) in [5.74, 6) is 0.0213. The largest absolute Gasteiger partial charge is 0.383 e. The van der Waals surface area contributed by atoms with Crippen LogP contribution in [0.25, 0.3) is 10.9 Å². The second kappa shape index (κ2) is 5.50. The fourth-order valence-electron chi connectivity index (χ4n) is 1.75. The third-order valence-corrected chi connectivity index (χ3v) is 2.61. The summed E-state index contributed by atoms with van der Waals surface area (Å²) in [6, 6.07) is 8.01. The third kappa shape index (κ3) is 3.07. The van der Waals surface area contributed by atoms with Crippen molar-refractivity contribution in [3.05, 3.63) is 36.0 Å². The summed E-state index contributed by atoms with van der Waals surface area (Å²) in [4.78, 5) is 14.7. The summed E-state index contributed by atoms with van der Waals surface area (Å²) in [6.45, 7) is 1.10. The van der Waals surface area contributed by atoms with Gasteiger partial charge in [0.2, 0.25) is 5.91 Å². The molecule has 1 amide bonds. The molecule has 0 saturated heterocycles. The van der Waals surface area contributed by atoms with Crippen LogP contribution in [-0.2, 0) is 16.0 Å². The number of hydrogen-bond acceptors (Lipinski definition) is 2. The molecule has 4 heteroatoms. The van der Waals surface area contributed by atoms with E-state index in [2.05, 4.69) is 10.3 Å². The van der Waals surface area contributed by atoms with Crippen molar-refractivity contribution in [3.63, 3.8) is 0 Å². The first-order valence-corrected chi connectivity index (χ1v) is 5.61. The number of aromatic nitrogens is 1. The molecule has 17 heavy (non-hydrogen) atoms. The number of hydrogen-bond donors (Lipinski definition) is 2. The van der Waals surface area contributed by atoms with Crippen LogP contribution in [-0.4, -0.2) is 31.2 Å². The third-order valence-electron chi connectivity index (χ3n) is 2.61.